The number of nitrogens with zero attached hydrogens (tertiary/aromatic N) is 1. The van der Waals surface area contributed by atoms with Crippen molar-refractivity contribution in [2.75, 3.05) is 0 Å². The molecule has 0 spiro atoms. The van der Waals surface area contributed by atoms with Gasteiger partial charge in [0.2, 0.25) is 0 Å². The van der Waals surface area contributed by atoms with Gasteiger partial charge < -0.3 is 15.9 Å². The molecule has 4 nitrogen and oxygen atoms in total. The number of halogens is 3. The van der Waals surface area contributed by atoms with E-state index in [9.17, 15) is 19.0 Å². The van der Waals surface area contributed by atoms with E-state index in [4.69, 9.17) is 17.3 Å². The molecule has 4 N–H and O–H groups in total. The minimum absolute atomic E-state index is 0.0217. The Morgan fingerprint density at radius 2 is 1.85 bits per heavy atom. The first kappa shape index (κ1) is 19.4. The van der Waals surface area contributed by atoms with Gasteiger partial charge in [-0.2, -0.15) is 0 Å². The summed E-state index contributed by atoms with van der Waals surface area (Å²) in [5.74, 6) is -2.24. The van der Waals surface area contributed by atoms with Gasteiger partial charge in [-0.1, -0.05) is 17.7 Å². The first-order valence-corrected chi connectivity index (χ1v) is 9.04. The molecule has 0 fully saturated rings. The van der Waals surface area contributed by atoms with E-state index in [1.54, 1.807) is 24.3 Å². The number of hydrogen-bond donors (Lipinski definition) is 3. The molecule has 2 heterocycles. The van der Waals surface area contributed by atoms with Crippen LogP contribution in [0.1, 0.15) is 28.1 Å². The van der Waals surface area contributed by atoms with E-state index in [0.29, 0.717) is 20.8 Å². The number of aromatic nitrogens is 1. The van der Waals surface area contributed by atoms with Gasteiger partial charge in [-0.3, -0.25) is 4.98 Å². The lowest BCUT2D eigenvalue weighted by Crippen LogP contribution is -2.19. The molecule has 2 aromatic heterocycles. The summed E-state index contributed by atoms with van der Waals surface area (Å²) in [5, 5.41) is 21.6. The number of nitrogens with two attached hydrogens (primary N) is 1. The van der Waals surface area contributed by atoms with Crippen LogP contribution in [0.15, 0.2) is 60.4 Å². The van der Waals surface area contributed by atoms with Crippen LogP contribution in [0.3, 0.4) is 0 Å². The maximum atomic E-state index is 13.6. The van der Waals surface area contributed by atoms with E-state index in [0.717, 1.165) is 12.1 Å². The molecule has 0 amide bonds. The molecule has 0 bridgehead atoms. The van der Waals surface area contributed by atoms with E-state index >= 15 is 0 Å². The zero-order valence-electron chi connectivity index (χ0n) is 13.8. The Morgan fingerprint density at radius 3 is 2.41 bits per heavy atom. The zero-order valence-corrected chi connectivity index (χ0v) is 15.4. The molecule has 140 valence electrons. The van der Waals surface area contributed by atoms with Gasteiger partial charge >= 0.3 is 0 Å². The van der Waals surface area contributed by atoms with Gasteiger partial charge in [0.15, 0.2) is 0 Å². The topological polar surface area (TPSA) is 79.4 Å². The van der Waals surface area contributed by atoms with Crippen molar-refractivity contribution in [3.63, 3.8) is 0 Å². The van der Waals surface area contributed by atoms with Crippen molar-refractivity contribution in [1.82, 2.24) is 4.98 Å². The van der Waals surface area contributed by atoms with Crippen molar-refractivity contribution in [2.24, 2.45) is 5.73 Å². The van der Waals surface area contributed by atoms with Gasteiger partial charge in [0, 0.05) is 40.0 Å². The predicted molar refractivity (Wildman–Crippen MR) is 101 cm³/mol. The maximum absolute atomic E-state index is 13.6. The average Bonchev–Trinajstić information content (AvgIpc) is 3.08. The Morgan fingerprint density at radius 1 is 1.15 bits per heavy atom. The summed E-state index contributed by atoms with van der Waals surface area (Å²) in [6.45, 7) is 0. The van der Waals surface area contributed by atoms with Gasteiger partial charge in [0.25, 0.3) is 0 Å². The monoisotopic (exact) mass is 408 g/mol. The summed E-state index contributed by atoms with van der Waals surface area (Å²) in [6, 6.07) is 8.16. The van der Waals surface area contributed by atoms with E-state index < -0.39 is 29.5 Å². The molecule has 0 aliphatic heterocycles. The second-order valence-corrected chi connectivity index (χ2v) is 7.52. The van der Waals surface area contributed by atoms with Crippen molar-refractivity contribution in [3.8, 4) is 0 Å². The molecule has 8 heteroatoms. The minimum Gasteiger partial charge on any atom is -0.507 e. The second-order valence-electron chi connectivity index (χ2n) is 5.77. The van der Waals surface area contributed by atoms with Crippen LogP contribution in [0.25, 0.3) is 5.76 Å². The lowest BCUT2D eigenvalue weighted by molar-refractivity contribution is 0.205. The van der Waals surface area contributed by atoms with Crippen LogP contribution in [0.2, 0.25) is 4.34 Å². The molecule has 0 aliphatic carbocycles. The number of rotatable bonds is 5. The fourth-order valence-corrected chi connectivity index (χ4v) is 3.75. The van der Waals surface area contributed by atoms with Crippen molar-refractivity contribution in [2.45, 2.75) is 12.1 Å². The van der Waals surface area contributed by atoms with Crippen LogP contribution in [-0.2, 0) is 0 Å². The highest BCUT2D eigenvalue weighted by atomic mass is 35.5. The Hall–Kier alpha value is -2.32. The van der Waals surface area contributed by atoms with Crippen molar-refractivity contribution in [1.29, 1.82) is 0 Å². The summed E-state index contributed by atoms with van der Waals surface area (Å²) in [5.41, 5.74) is 6.48. The largest absolute Gasteiger partial charge is 0.507 e. The Kier molecular flexibility index (Phi) is 5.86. The molecular weight excluding hydrogens is 394 g/mol. The van der Waals surface area contributed by atoms with E-state index in [2.05, 4.69) is 4.98 Å². The molecule has 3 aromatic rings. The van der Waals surface area contributed by atoms with E-state index in [-0.39, 0.29) is 11.1 Å². The van der Waals surface area contributed by atoms with Crippen molar-refractivity contribution >= 4 is 28.7 Å². The van der Waals surface area contributed by atoms with E-state index in [1.807, 2.05) is 0 Å². The van der Waals surface area contributed by atoms with Crippen LogP contribution in [0, 0.1) is 11.6 Å². The Balaban J connectivity index is 2.16. The van der Waals surface area contributed by atoms with Gasteiger partial charge in [0.05, 0.1) is 10.4 Å². The third kappa shape index (κ3) is 4.33. The average molecular weight is 409 g/mol. The van der Waals surface area contributed by atoms with Gasteiger partial charge in [-0.15, -0.1) is 11.3 Å². The molecule has 0 saturated heterocycles. The fraction of sp³-hybridized carbons (Fsp3) is 0.105. The smallest absolute Gasteiger partial charge is 0.127 e. The normalized spacial score (nSPS) is 14.6. The Bertz CT molecular complexity index is 959. The minimum atomic E-state index is -1.35. The number of benzene rings is 1. The predicted octanol–water partition coefficient (Wildman–Crippen LogP) is 4.78. The van der Waals surface area contributed by atoms with Gasteiger partial charge in [-0.05, 0) is 30.3 Å². The highest BCUT2D eigenvalue weighted by molar-refractivity contribution is 7.16. The molecule has 0 aliphatic rings. The lowest BCUT2D eigenvalue weighted by Gasteiger charge is -2.22. The van der Waals surface area contributed by atoms with Crippen molar-refractivity contribution in [3.05, 3.63) is 92.4 Å². The van der Waals surface area contributed by atoms with Crippen LogP contribution in [-0.4, -0.2) is 15.2 Å². The third-order valence-electron chi connectivity index (χ3n) is 3.94. The number of thiophene rings is 1. The van der Waals surface area contributed by atoms with Crippen molar-refractivity contribution < 1.29 is 19.0 Å². The standard InChI is InChI=1S/C19H15ClF2N2O2S/c20-15-4-3-14(27-15)17(23)16(18(25)10-2-1-5-24-9-10)19(26)11-6-12(21)8-13(22)7-11/h1-9,17-18,25-26H,23H2/b19-16+. The molecule has 3 rings (SSSR count). The summed E-state index contributed by atoms with van der Waals surface area (Å²) in [6.07, 6.45) is 1.60. The first-order valence-electron chi connectivity index (χ1n) is 7.85. The van der Waals surface area contributed by atoms with Crippen LogP contribution >= 0.6 is 22.9 Å². The van der Waals surface area contributed by atoms with Gasteiger partial charge in [0.1, 0.15) is 23.5 Å². The molecule has 2 unspecified atom stereocenters. The van der Waals surface area contributed by atoms with Gasteiger partial charge in [-0.25, -0.2) is 8.78 Å². The second kappa shape index (κ2) is 8.14. The summed E-state index contributed by atoms with van der Waals surface area (Å²) in [4.78, 5) is 4.51. The number of aliphatic hydroxyl groups is 2. The summed E-state index contributed by atoms with van der Waals surface area (Å²) >= 11 is 7.13. The highest BCUT2D eigenvalue weighted by Gasteiger charge is 2.27. The van der Waals surface area contributed by atoms with Crippen LogP contribution in [0.4, 0.5) is 8.78 Å². The third-order valence-corrected chi connectivity index (χ3v) is 5.25. The quantitative estimate of drug-likeness (QED) is 0.531. The molecule has 1 aromatic carbocycles. The lowest BCUT2D eigenvalue weighted by atomic mass is 9.92. The highest BCUT2D eigenvalue weighted by Crippen LogP contribution is 2.38. The summed E-state index contributed by atoms with van der Waals surface area (Å²) in [7, 11) is 0. The summed E-state index contributed by atoms with van der Waals surface area (Å²) < 4.78 is 27.7. The Labute approximate surface area is 163 Å². The first-order chi connectivity index (χ1) is 12.9. The fourth-order valence-electron chi connectivity index (χ4n) is 2.67. The van der Waals surface area contributed by atoms with Crippen LogP contribution < -0.4 is 5.73 Å². The molecular formula is C19H15ClF2N2O2S. The molecule has 2 atom stereocenters. The molecule has 0 saturated carbocycles. The van der Waals surface area contributed by atoms with E-state index in [1.165, 1.54) is 23.7 Å². The number of pyridine rings is 1. The molecule has 0 radical (unpaired) electrons. The van der Waals surface area contributed by atoms with Crippen LogP contribution in [0.5, 0.6) is 0 Å². The maximum Gasteiger partial charge on any atom is 0.127 e. The molecule has 27 heavy (non-hydrogen) atoms. The number of aliphatic hydroxyl groups excluding tert-OH is 2. The zero-order chi connectivity index (χ0) is 19.6. The number of hydrogen-bond acceptors (Lipinski definition) is 5. The SMILES string of the molecule is NC(/C(=C(\O)c1cc(F)cc(F)c1)C(O)c1cccnc1)c1ccc(Cl)s1.